The van der Waals surface area contributed by atoms with Crippen LogP contribution in [0.3, 0.4) is 0 Å². The number of carbonyl (C=O) groups is 1. The van der Waals surface area contributed by atoms with Crippen LogP contribution in [-0.2, 0) is 17.9 Å². The van der Waals surface area contributed by atoms with Crippen molar-refractivity contribution in [3.63, 3.8) is 0 Å². The van der Waals surface area contributed by atoms with Crippen LogP contribution in [0.15, 0.2) is 63.5 Å². The third-order valence-electron chi connectivity index (χ3n) is 4.64. The number of fused-ring (bicyclic) bond motifs is 1. The number of aryl methyl sites for hydroxylation is 1. The minimum Gasteiger partial charge on any atom is -0.325 e. The highest BCUT2D eigenvalue weighted by atomic mass is 32.1. The molecule has 0 atom stereocenters. The summed E-state index contributed by atoms with van der Waals surface area (Å²) < 4.78 is 19.5. The monoisotopic (exact) mass is 424 g/mol. The Labute approximate surface area is 174 Å². The molecule has 152 valence electrons. The Bertz CT molecular complexity index is 1340. The van der Waals surface area contributed by atoms with E-state index in [0.717, 1.165) is 27.2 Å². The average molecular weight is 424 g/mol. The van der Waals surface area contributed by atoms with E-state index in [1.165, 1.54) is 28.8 Å². The van der Waals surface area contributed by atoms with Crippen LogP contribution >= 0.6 is 11.5 Å². The Hall–Kier alpha value is -3.59. The molecule has 2 heterocycles. The van der Waals surface area contributed by atoms with Crippen molar-refractivity contribution in [3.05, 3.63) is 91.7 Å². The van der Waals surface area contributed by atoms with Gasteiger partial charge in [0.2, 0.25) is 5.91 Å². The predicted octanol–water partition coefficient (Wildman–Crippen LogP) is 2.75. The summed E-state index contributed by atoms with van der Waals surface area (Å²) in [6, 6.07) is 12.8. The molecule has 7 nitrogen and oxygen atoms in total. The summed E-state index contributed by atoms with van der Waals surface area (Å²) in [6.45, 7) is 1.72. The molecule has 9 heteroatoms. The van der Waals surface area contributed by atoms with Gasteiger partial charge in [0.1, 0.15) is 12.4 Å². The minimum absolute atomic E-state index is 0.0744. The molecule has 0 saturated carbocycles. The van der Waals surface area contributed by atoms with Gasteiger partial charge < -0.3 is 5.32 Å². The highest BCUT2D eigenvalue weighted by molar-refractivity contribution is 7.04. The number of hydrogen-bond donors (Lipinski definition) is 1. The molecule has 4 aromatic rings. The summed E-state index contributed by atoms with van der Waals surface area (Å²) in [7, 11) is 0. The van der Waals surface area contributed by atoms with Crippen molar-refractivity contribution in [2.45, 2.75) is 20.0 Å². The fourth-order valence-electron chi connectivity index (χ4n) is 3.08. The van der Waals surface area contributed by atoms with E-state index in [1.54, 1.807) is 5.38 Å². The topological polar surface area (TPSA) is 86.0 Å². The average Bonchev–Trinajstić information content (AvgIpc) is 3.22. The fraction of sp³-hybridized carbons (Fsp3) is 0.143. The Morgan fingerprint density at radius 2 is 1.77 bits per heavy atom. The summed E-state index contributed by atoms with van der Waals surface area (Å²) >= 11 is 1.04. The van der Waals surface area contributed by atoms with Crippen molar-refractivity contribution < 1.29 is 9.18 Å². The van der Waals surface area contributed by atoms with Gasteiger partial charge in [0.05, 0.1) is 12.1 Å². The molecule has 1 amide bonds. The molecule has 0 aliphatic heterocycles. The van der Waals surface area contributed by atoms with Crippen molar-refractivity contribution in [2.75, 3.05) is 5.32 Å². The minimum atomic E-state index is -0.595. The molecule has 0 unspecified atom stereocenters. The smallest absolute Gasteiger partial charge is 0.325 e. The number of hydrogen-bond acceptors (Lipinski definition) is 5. The predicted molar refractivity (Wildman–Crippen MR) is 113 cm³/mol. The van der Waals surface area contributed by atoms with Crippen LogP contribution in [0, 0.1) is 12.7 Å². The summed E-state index contributed by atoms with van der Waals surface area (Å²) in [6.07, 6.45) is 0. The summed E-state index contributed by atoms with van der Waals surface area (Å²) in [5.41, 5.74) is 1.62. The zero-order valence-electron chi connectivity index (χ0n) is 16.0. The maximum Gasteiger partial charge on any atom is 0.332 e. The van der Waals surface area contributed by atoms with Gasteiger partial charge in [-0.3, -0.25) is 18.7 Å². The van der Waals surface area contributed by atoms with E-state index in [0.29, 0.717) is 11.2 Å². The van der Waals surface area contributed by atoms with E-state index in [4.69, 9.17) is 0 Å². The lowest BCUT2D eigenvalue weighted by atomic mass is 10.1. The number of nitrogens with zero attached hydrogens (tertiary/aromatic N) is 3. The normalized spacial score (nSPS) is 11.0. The van der Waals surface area contributed by atoms with Crippen LogP contribution in [-0.4, -0.2) is 19.4 Å². The number of anilines is 1. The molecule has 0 radical (unpaired) electrons. The van der Waals surface area contributed by atoms with Crippen LogP contribution in [0.1, 0.15) is 11.1 Å². The number of nitrogens with one attached hydrogen (secondary N) is 1. The van der Waals surface area contributed by atoms with Gasteiger partial charge in [-0.25, -0.2) is 9.18 Å². The van der Waals surface area contributed by atoms with Gasteiger partial charge in [0.15, 0.2) is 5.52 Å². The van der Waals surface area contributed by atoms with Crippen molar-refractivity contribution in [3.8, 4) is 0 Å². The molecule has 2 aromatic heterocycles. The first kappa shape index (κ1) is 19.7. The van der Waals surface area contributed by atoms with E-state index in [1.807, 2.05) is 31.2 Å². The van der Waals surface area contributed by atoms with Crippen LogP contribution in [0.25, 0.3) is 11.0 Å². The van der Waals surface area contributed by atoms with E-state index in [2.05, 4.69) is 9.69 Å². The Morgan fingerprint density at radius 1 is 1.07 bits per heavy atom. The lowest BCUT2D eigenvalue weighted by molar-refractivity contribution is -0.116. The molecule has 0 aliphatic rings. The van der Waals surface area contributed by atoms with Gasteiger partial charge >= 0.3 is 5.69 Å². The van der Waals surface area contributed by atoms with Crippen LogP contribution in [0.2, 0.25) is 0 Å². The van der Waals surface area contributed by atoms with Gasteiger partial charge in [-0.2, -0.15) is 4.37 Å². The second-order valence-electron chi connectivity index (χ2n) is 6.85. The standard InChI is InChI=1S/C21H17FN4O3S/c1-13-2-4-14(5-3-13)10-26-20(28)19-17(12-30-24-19)25(21(26)29)11-18(27)23-16-8-6-15(22)7-9-16/h2-9,12H,10-11H2,1H3,(H,23,27). The molecule has 2 aromatic carbocycles. The Balaban J connectivity index is 1.70. The largest absolute Gasteiger partial charge is 0.332 e. The van der Waals surface area contributed by atoms with Gasteiger partial charge in [-0.05, 0) is 48.3 Å². The lowest BCUT2D eigenvalue weighted by Gasteiger charge is -2.12. The third-order valence-corrected chi connectivity index (χ3v) is 5.26. The molecule has 0 aliphatic carbocycles. The van der Waals surface area contributed by atoms with Crippen LogP contribution < -0.4 is 16.6 Å². The zero-order valence-corrected chi connectivity index (χ0v) is 16.8. The molecule has 0 spiro atoms. The molecule has 0 saturated heterocycles. The molecule has 0 bridgehead atoms. The second-order valence-corrected chi connectivity index (χ2v) is 7.48. The SMILES string of the molecule is Cc1ccc(Cn2c(=O)c3nscc3n(CC(=O)Nc3ccc(F)cc3)c2=O)cc1. The first-order valence-electron chi connectivity index (χ1n) is 9.11. The van der Waals surface area contributed by atoms with Crippen LogP contribution in [0.5, 0.6) is 0 Å². The first-order valence-corrected chi connectivity index (χ1v) is 9.95. The summed E-state index contributed by atoms with van der Waals surface area (Å²) in [5, 5.41) is 4.19. The lowest BCUT2D eigenvalue weighted by Crippen LogP contribution is -2.41. The number of carbonyl (C=O) groups excluding carboxylic acids is 1. The molecular formula is C21H17FN4O3S. The summed E-state index contributed by atoms with van der Waals surface area (Å²) in [4.78, 5) is 38.4. The highest BCUT2D eigenvalue weighted by Gasteiger charge is 2.17. The highest BCUT2D eigenvalue weighted by Crippen LogP contribution is 2.12. The Morgan fingerprint density at radius 3 is 2.47 bits per heavy atom. The zero-order chi connectivity index (χ0) is 21.3. The molecular weight excluding hydrogens is 407 g/mol. The Kier molecular flexibility index (Phi) is 5.28. The van der Waals surface area contributed by atoms with Gasteiger partial charge in [-0.15, -0.1) is 0 Å². The molecule has 0 fully saturated rings. The van der Waals surface area contributed by atoms with E-state index < -0.39 is 23.0 Å². The second kappa shape index (κ2) is 8.03. The fourth-order valence-corrected chi connectivity index (χ4v) is 3.75. The van der Waals surface area contributed by atoms with Crippen molar-refractivity contribution in [1.29, 1.82) is 0 Å². The number of aromatic nitrogens is 3. The maximum absolute atomic E-state index is 13.1. The number of halogens is 1. The van der Waals surface area contributed by atoms with E-state index in [-0.39, 0.29) is 18.6 Å². The quantitative estimate of drug-likeness (QED) is 0.534. The summed E-state index contributed by atoms with van der Waals surface area (Å²) in [5.74, 6) is -0.893. The number of amides is 1. The van der Waals surface area contributed by atoms with E-state index in [9.17, 15) is 18.8 Å². The molecule has 30 heavy (non-hydrogen) atoms. The van der Waals surface area contributed by atoms with Crippen LogP contribution in [0.4, 0.5) is 10.1 Å². The van der Waals surface area contributed by atoms with Gasteiger partial charge in [0, 0.05) is 11.1 Å². The van der Waals surface area contributed by atoms with Crippen molar-refractivity contribution in [2.24, 2.45) is 0 Å². The van der Waals surface area contributed by atoms with Crippen molar-refractivity contribution in [1.82, 2.24) is 13.5 Å². The van der Waals surface area contributed by atoms with E-state index >= 15 is 0 Å². The first-order chi connectivity index (χ1) is 14.4. The molecule has 1 N–H and O–H groups in total. The van der Waals surface area contributed by atoms with Gasteiger partial charge in [-0.1, -0.05) is 29.8 Å². The number of rotatable bonds is 5. The number of benzene rings is 2. The molecule has 4 rings (SSSR count). The van der Waals surface area contributed by atoms with Crippen molar-refractivity contribution >= 4 is 34.2 Å². The maximum atomic E-state index is 13.1. The van der Waals surface area contributed by atoms with Gasteiger partial charge in [0.25, 0.3) is 5.56 Å². The third kappa shape index (κ3) is 3.92.